The van der Waals surface area contributed by atoms with Gasteiger partial charge in [-0.1, -0.05) is 97.9 Å². The summed E-state index contributed by atoms with van der Waals surface area (Å²) in [6.07, 6.45) is 0. The minimum absolute atomic E-state index is 0.0275. The van der Waals surface area contributed by atoms with Crippen molar-refractivity contribution in [3.05, 3.63) is 82.9 Å². The number of benzene rings is 3. The molecule has 1 aliphatic rings. The van der Waals surface area contributed by atoms with Gasteiger partial charge in [-0.25, -0.2) is 0 Å². The van der Waals surface area contributed by atoms with Gasteiger partial charge in [-0.05, 0) is 56.8 Å². The molecule has 0 saturated carbocycles. The molecule has 0 bridgehead atoms. The summed E-state index contributed by atoms with van der Waals surface area (Å²) in [5, 5.41) is 3.74. The van der Waals surface area contributed by atoms with Crippen LogP contribution in [-0.2, 0) is 16.2 Å². The fraction of sp³-hybridized carbons (Fsp3) is 0.379. The summed E-state index contributed by atoms with van der Waals surface area (Å²) in [5.41, 5.74) is 10.9. The Bertz CT molecular complexity index is 1090. The van der Waals surface area contributed by atoms with Gasteiger partial charge in [0.15, 0.2) is 0 Å². The van der Waals surface area contributed by atoms with Gasteiger partial charge in [0.2, 0.25) is 0 Å². The van der Waals surface area contributed by atoms with Crippen LogP contribution in [0.25, 0.3) is 11.1 Å². The molecule has 1 N–H and O–H groups in total. The summed E-state index contributed by atoms with van der Waals surface area (Å²) >= 11 is 0. The lowest BCUT2D eigenvalue weighted by Gasteiger charge is -2.27. The third-order valence-electron chi connectivity index (χ3n) is 6.56. The van der Waals surface area contributed by atoms with Crippen LogP contribution in [0.2, 0.25) is 0 Å². The van der Waals surface area contributed by atoms with E-state index in [-0.39, 0.29) is 16.2 Å². The first-order chi connectivity index (χ1) is 13.9. The van der Waals surface area contributed by atoms with Crippen LogP contribution in [0, 0.1) is 0 Å². The molecule has 0 amide bonds. The van der Waals surface area contributed by atoms with E-state index in [0.717, 1.165) is 5.69 Å². The molecule has 0 atom stereocenters. The standard InChI is InChI=1S/C29H35N/c1-27(2,3)19-14-15-22-23(16-19)29(7,8)24-17-20(28(4,5)6)18-25(26(22)24)30-21-12-10-9-11-13-21/h9-18,30H,1-8H3. The molecule has 3 aromatic carbocycles. The van der Waals surface area contributed by atoms with Gasteiger partial charge in [-0.3, -0.25) is 0 Å². The van der Waals surface area contributed by atoms with Crippen LogP contribution >= 0.6 is 0 Å². The predicted molar refractivity (Wildman–Crippen MR) is 131 cm³/mol. The highest BCUT2D eigenvalue weighted by Crippen LogP contribution is 2.53. The van der Waals surface area contributed by atoms with Crippen LogP contribution in [0.1, 0.15) is 77.6 Å². The number of nitrogens with one attached hydrogen (secondary N) is 1. The van der Waals surface area contributed by atoms with Crippen LogP contribution in [0.3, 0.4) is 0 Å². The maximum Gasteiger partial charge on any atom is 0.0470 e. The van der Waals surface area contributed by atoms with E-state index in [1.807, 2.05) is 0 Å². The zero-order valence-electron chi connectivity index (χ0n) is 19.8. The predicted octanol–water partition coefficient (Wildman–Crippen LogP) is 8.33. The molecule has 0 fully saturated rings. The van der Waals surface area contributed by atoms with E-state index in [1.165, 1.54) is 39.1 Å². The topological polar surface area (TPSA) is 12.0 Å². The lowest BCUT2D eigenvalue weighted by atomic mass is 9.77. The van der Waals surface area contributed by atoms with Gasteiger partial charge in [0.1, 0.15) is 0 Å². The number of fused-ring (bicyclic) bond motifs is 3. The van der Waals surface area contributed by atoms with Crippen LogP contribution in [0.5, 0.6) is 0 Å². The second-order valence-corrected chi connectivity index (χ2v) is 11.3. The van der Waals surface area contributed by atoms with E-state index in [9.17, 15) is 0 Å². The van der Waals surface area contributed by atoms with Gasteiger partial charge in [-0.15, -0.1) is 0 Å². The first-order valence-corrected chi connectivity index (χ1v) is 11.1. The Balaban J connectivity index is 1.98. The van der Waals surface area contributed by atoms with Crippen LogP contribution in [0.4, 0.5) is 11.4 Å². The highest BCUT2D eigenvalue weighted by molar-refractivity contribution is 5.92. The van der Waals surface area contributed by atoms with E-state index >= 15 is 0 Å². The lowest BCUT2D eigenvalue weighted by Crippen LogP contribution is -2.19. The molecule has 0 spiro atoms. The van der Waals surface area contributed by atoms with Crippen molar-refractivity contribution in [2.75, 3.05) is 5.32 Å². The Kier molecular flexibility index (Phi) is 4.65. The van der Waals surface area contributed by atoms with E-state index < -0.39 is 0 Å². The molecule has 1 heteroatoms. The normalized spacial score (nSPS) is 14.9. The fourth-order valence-corrected chi connectivity index (χ4v) is 4.52. The van der Waals surface area contributed by atoms with Gasteiger partial charge >= 0.3 is 0 Å². The Morgan fingerprint density at radius 3 is 1.87 bits per heavy atom. The number of anilines is 2. The Labute approximate surface area is 182 Å². The van der Waals surface area contributed by atoms with Gasteiger partial charge in [0.05, 0.1) is 0 Å². The highest BCUT2D eigenvalue weighted by atomic mass is 14.9. The van der Waals surface area contributed by atoms with Crippen molar-refractivity contribution in [1.29, 1.82) is 0 Å². The Morgan fingerprint density at radius 2 is 1.27 bits per heavy atom. The maximum absolute atomic E-state index is 3.74. The smallest absolute Gasteiger partial charge is 0.0470 e. The first kappa shape index (κ1) is 20.7. The van der Waals surface area contributed by atoms with Crippen molar-refractivity contribution >= 4 is 11.4 Å². The van der Waals surface area contributed by atoms with Crippen molar-refractivity contribution in [2.45, 2.75) is 71.6 Å². The SMILES string of the molecule is CC(C)(C)c1ccc2c(c1)C(C)(C)c1cc(C(C)(C)C)cc(Nc3ccccc3)c1-2. The molecule has 3 aromatic rings. The molecule has 0 aliphatic heterocycles. The lowest BCUT2D eigenvalue weighted by molar-refractivity contribution is 0.580. The zero-order valence-corrected chi connectivity index (χ0v) is 19.8. The summed E-state index contributed by atoms with van der Waals surface area (Å²) in [7, 11) is 0. The Morgan fingerprint density at radius 1 is 0.667 bits per heavy atom. The number of para-hydroxylation sites is 1. The average Bonchev–Trinajstić information content (AvgIpc) is 2.89. The van der Waals surface area contributed by atoms with Crippen molar-refractivity contribution < 1.29 is 0 Å². The molecule has 0 saturated heterocycles. The van der Waals surface area contributed by atoms with Crippen molar-refractivity contribution in [3.63, 3.8) is 0 Å². The Hall–Kier alpha value is -2.54. The molecule has 156 valence electrons. The molecule has 0 radical (unpaired) electrons. The number of hydrogen-bond donors (Lipinski definition) is 1. The number of hydrogen-bond acceptors (Lipinski definition) is 1. The van der Waals surface area contributed by atoms with Crippen LogP contribution in [0.15, 0.2) is 60.7 Å². The fourth-order valence-electron chi connectivity index (χ4n) is 4.52. The second-order valence-electron chi connectivity index (χ2n) is 11.3. The molecular weight excluding hydrogens is 362 g/mol. The first-order valence-electron chi connectivity index (χ1n) is 11.1. The summed E-state index contributed by atoms with van der Waals surface area (Å²) in [6, 6.07) is 22.4. The van der Waals surface area contributed by atoms with E-state index in [2.05, 4.69) is 121 Å². The zero-order chi connectivity index (χ0) is 21.9. The van der Waals surface area contributed by atoms with Gasteiger partial charge in [-0.2, -0.15) is 0 Å². The van der Waals surface area contributed by atoms with Gasteiger partial charge < -0.3 is 5.32 Å². The number of rotatable bonds is 2. The molecule has 1 nitrogen and oxygen atoms in total. The van der Waals surface area contributed by atoms with E-state index in [1.54, 1.807) is 0 Å². The van der Waals surface area contributed by atoms with E-state index in [4.69, 9.17) is 0 Å². The second kappa shape index (κ2) is 6.74. The molecular formula is C29H35N. The molecule has 0 unspecified atom stereocenters. The summed E-state index contributed by atoms with van der Waals surface area (Å²) in [5.74, 6) is 0. The average molecular weight is 398 g/mol. The molecule has 0 aromatic heterocycles. The third-order valence-corrected chi connectivity index (χ3v) is 6.56. The largest absolute Gasteiger partial charge is 0.355 e. The third kappa shape index (κ3) is 3.45. The summed E-state index contributed by atoms with van der Waals surface area (Å²) in [6.45, 7) is 18.5. The molecule has 0 heterocycles. The van der Waals surface area contributed by atoms with Crippen molar-refractivity contribution in [2.24, 2.45) is 0 Å². The molecule has 4 rings (SSSR count). The highest BCUT2D eigenvalue weighted by Gasteiger charge is 2.38. The minimum atomic E-state index is -0.0275. The van der Waals surface area contributed by atoms with Crippen molar-refractivity contribution in [1.82, 2.24) is 0 Å². The van der Waals surface area contributed by atoms with Crippen LogP contribution < -0.4 is 5.32 Å². The van der Waals surface area contributed by atoms with Gasteiger partial charge in [0.25, 0.3) is 0 Å². The van der Waals surface area contributed by atoms with Gasteiger partial charge in [0, 0.05) is 22.4 Å². The minimum Gasteiger partial charge on any atom is -0.355 e. The van der Waals surface area contributed by atoms with Crippen LogP contribution in [-0.4, -0.2) is 0 Å². The molecule has 1 aliphatic carbocycles. The quantitative estimate of drug-likeness (QED) is 0.458. The molecule has 30 heavy (non-hydrogen) atoms. The summed E-state index contributed by atoms with van der Waals surface area (Å²) < 4.78 is 0. The maximum atomic E-state index is 3.74. The monoisotopic (exact) mass is 397 g/mol. The summed E-state index contributed by atoms with van der Waals surface area (Å²) in [4.78, 5) is 0. The van der Waals surface area contributed by atoms with E-state index in [0.29, 0.717) is 0 Å². The van der Waals surface area contributed by atoms with Crippen molar-refractivity contribution in [3.8, 4) is 11.1 Å².